The molecular formula is C13H16N2O6. The van der Waals surface area contributed by atoms with Crippen LogP contribution in [0.2, 0.25) is 0 Å². The number of nitrogens with zero attached hydrogens (tertiary/aromatic N) is 1. The number of hydrogen-bond acceptors (Lipinski definition) is 5. The lowest BCUT2D eigenvalue weighted by atomic mass is 10.0. The Labute approximate surface area is 120 Å². The maximum Gasteiger partial charge on any atom is 0.326 e. The maximum atomic E-state index is 11.5. The zero-order chi connectivity index (χ0) is 15.8. The van der Waals surface area contributed by atoms with Gasteiger partial charge in [0.25, 0.3) is 5.69 Å². The van der Waals surface area contributed by atoms with Crippen LogP contribution in [-0.2, 0) is 20.7 Å². The maximum absolute atomic E-state index is 11.5. The molecule has 2 N–H and O–H groups in total. The molecule has 0 aliphatic rings. The minimum atomic E-state index is -1.27. The van der Waals surface area contributed by atoms with Crippen LogP contribution in [0.1, 0.15) is 12.5 Å². The number of hydrogen-bond donors (Lipinski definition) is 2. The standard InChI is InChI=1S/C13H16N2O6/c1-2-21-8-12(16)14-10(13(17)18)7-9-5-3-4-6-11(9)15(19)20/h3-6,10H,2,7-8H2,1H3,(H,14,16)(H,17,18)/t10-/m0/s1. The monoisotopic (exact) mass is 296 g/mol. The molecule has 1 atom stereocenters. The van der Waals surface area contributed by atoms with Crippen molar-refractivity contribution in [3.05, 3.63) is 39.9 Å². The van der Waals surface area contributed by atoms with Crippen LogP contribution >= 0.6 is 0 Å². The lowest BCUT2D eigenvalue weighted by Gasteiger charge is -2.14. The van der Waals surface area contributed by atoms with Crippen LogP contribution in [0.4, 0.5) is 5.69 Å². The van der Waals surface area contributed by atoms with E-state index in [1.807, 2.05) is 0 Å². The first-order valence-electron chi connectivity index (χ1n) is 6.28. The van der Waals surface area contributed by atoms with Crippen molar-refractivity contribution in [3.8, 4) is 0 Å². The van der Waals surface area contributed by atoms with Crippen molar-refractivity contribution in [1.82, 2.24) is 5.32 Å². The third kappa shape index (κ3) is 5.19. The molecule has 0 bridgehead atoms. The number of aliphatic carboxylic acids is 1. The summed E-state index contributed by atoms with van der Waals surface area (Å²) in [6, 6.07) is 4.56. The Morgan fingerprint density at radius 2 is 2.10 bits per heavy atom. The highest BCUT2D eigenvalue weighted by atomic mass is 16.6. The minimum Gasteiger partial charge on any atom is -0.480 e. The molecule has 8 heteroatoms. The van der Waals surface area contributed by atoms with Crippen LogP contribution in [-0.4, -0.2) is 41.2 Å². The summed E-state index contributed by atoms with van der Waals surface area (Å²) in [4.78, 5) is 33.0. The molecule has 0 unspecified atom stereocenters. The number of nitrogens with one attached hydrogen (secondary N) is 1. The number of ether oxygens (including phenoxy) is 1. The summed E-state index contributed by atoms with van der Waals surface area (Å²) in [5.74, 6) is -1.85. The minimum absolute atomic E-state index is 0.176. The Bertz CT molecular complexity index is 531. The fraction of sp³-hybridized carbons (Fsp3) is 0.385. The molecule has 0 aromatic heterocycles. The number of carbonyl (C=O) groups is 2. The molecule has 0 saturated heterocycles. The van der Waals surface area contributed by atoms with Crippen LogP contribution in [0.5, 0.6) is 0 Å². The van der Waals surface area contributed by atoms with E-state index in [2.05, 4.69) is 5.32 Å². The van der Waals surface area contributed by atoms with Gasteiger partial charge in [-0.15, -0.1) is 0 Å². The highest BCUT2D eigenvalue weighted by Crippen LogP contribution is 2.19. The molecule has 1 rings (SSSR count). The van der Waals surface area contributed by atoms with Crippen molar-refractivity contribution in [3.63, 3.8) is 0 Å². The quantitative estimate of drug-likeness (QED) is 0.539. The number of carboxylic acids is 1. The smallest absolute Gasteiger partial charge is 0.326 e. The average Bonchev–Trinajstić information content (AvgIpc) is 2.44. The Morgan fingerprint density at radius 3 is 2.67 bits per heavy atom. The zero-order valence-corrected chi connectivity index (χ0v) is 11.4. The van der Waals surface area contributed by atoms with Crippen LogP contribution < -0.4 is 5.32 Å². The summed E-state index contributed by atoms with van der Waals surface area (Å²) in [7, 11) is 0. The van der Waals surface area contributed by atoms with Crippen molar-refractivity contribution in [2.75, 3.05) is 13.2 Å². The molecule has 0 saturated carbocycles. The van der Waals surface area contributed by atoms with Gasteiger partial charge in [0, 0.05) is 24.7 Å². The molecule has 0 aliphatic carbocycles. The van der Waals surface area contributed by atoms with E-state index < -0.39 is 22.8 Å². The topological polar surface area (TPSA) is 119 Å². The van der Waals surface area contributed by atoms with E-state index in [0.29, 0.717) is 6.61 Å². The third-order valence-electron chi connectivity index (χ3n) is 2.68. The molecule has 1 amide bonds. The molecule has 0 radical (unpaired) electrons. The number of nitro benzene ring substituents is 1. The van der Waals surface area contributed by atoms with Crippen molar-refractivity contribution in [1.29, 1.82) is 0 Å². The van der Waals surface area contributed by atoms with Crippen LogP contribution in [0.15, 0.2) is 24.3 Å². The fourth-order valence-corrected chi connectivity index (χ4v) is 1.71. The Morgan fingerprint density at radius 1 is 1.43 bits per heavy atom. The van der Waals surface area contributed by atoms with E-state index in [4.69, 9.17) is 9.84 Å². The number of carboxylic acid groups (broad SMARTS) is 1. The van der Waals surface area contributed by atoms with Gasteiger partial charge >= 0.3 is 5.97 Å². The molecule has 1 aromatic rings. The number of benzene rings is 1. The summed E-state index contributed by atoms with van der Waals surface area (Å²) in [5, 5.41) is 22.3. The molecule has 0 aliphatic heterocycles. The second-order valence-corrected chi connectivity index (χ2v) is 4.19. The van der Waals surface area contributed by atoms with E-state index in [1.165, 1.54) is 18.2 Å². The molecular weight excluding hydrogens is 280 g/mol. The van der Waals surface area contributed by atoms with Gasteiger partial charge in [-0.1, -0.05) is 18.2 Å². The molecule has 21 heavy (non-hydrogen) atoms. The molecule has 8 nitrogen and oxygen atoms in total. The number of rotatable bonds is 8. The van der Waals surface area contributed by atoms with Gasteiger partial charge in [-0.3, -0.25) is 14.9 Å². The Hall–Kier alpha value is -2.48. The molecule has 114 valence electrons. The number of amides is 1. The first-order valence-corrected chi connectivity index (χ1v) is 6.28. The lowest BCUT2D eigenvalue weighted by Crippen LogP contribution is -2.44. The van der Waals surface area contributed by atoms with E-state index in [9.17, 15) is 19.7 Å². The third-order valence-corrected chi connectivity index (χ3v) is 2.68. The summed E-state index contributed by atoms with van der Waals surface area (Å²) in [6.45, 7) is 1.78. The van der Waals surface area contributed by atoms with E-state index >= 15 is 0 Å². The van der Waals surface area contributed by atoms with Gasteiger partial charge in [-0.2, -0.15) is 0 Å². The summed E-state index contributed by atoms with van der Waals surface area (Å²) in [6.07, 6.45) is -0.176. The largest absolute Gasteiger partial charge is 0.480 e. The van der Waals surface area contributed by atoms with Crippen molar-refractivity contribution >= 4 is 17.6 Å². The van der Waals surface area contributed by atoms with Crippen molar-refractivity contribution in [2.45, 2.75) is 19.4 Å². The predicted octanol–water partition coefficient (Wildman–Crippen LogP) is 0.743. The number of carbonyl (C=O) groups excluding carboxylic acids is 1. The Balaban J connectivity index is 2.82. The molecule has 0 fully saturated rings. The van der Waals surface area contributed by atoms with Gasteiger partial charge in [0.15, 0.2) is 0 Å². The van der Waals surface area contributed by atoms with Crippen LogP contribution in [0, 0.1) is 10.1 Å². The number of nitro groups is 1. The molecule has 0 spiro atoms. The average molecular weight is 296 g/mol. The van der Waals surface area contributed by atoms with Gasteiger partial charge < -0.3 is 15.2 Å². The van der Waals surface area contributed by atoms with Crippen molar-refractivity contribution < 1.29 is 24.4 Å². The second kappa shape index (κ2) is 7.95. The molecule has 0 heterocycles. The van der Waals surface area contributed by atoms with Gasteiger partial charge in [0.1, 0.15) is 12.6 Å². The highest BCUT2D eigenvalue weighted by molar-refractivity contribution is 5.84. The van der Waals surface area contributed by atoms with Crippen LogP contribution in [0.3, 0.4) is 0 Å². The first-order chi connectivity index (χ1) is 9.95. The van der Waals surface area contributed by atoms with Gasteiger partial charge in [0.2, 0.25) is 5.91 Å². The summed E-state index contributed by atoms with van der Waals surface area (Å²) in [5.41, 5.74) is 0.0643. The van der Waals surface area contributed by atoms with Gasteiger partial charge in [0.05, 0.1) is 4.92 Å². The lowest BCUT2D eigenvalue weighted by molar-refractivity contribution is -0.385. The zero-order valence-electron chi connectivity index (χ0n) is 11.4. The van der Waals surface area contributed by atoms with E-state index in [0.717, 1.165) is 0 Å². The predicted molar refractivity (Wildman–Crippen MR) is 72.9 cm³/mol. The first kappa shape index (κ1) is 16.6. The van der Waals surface area contributed by atoms with Gasteiger partial charge in [-0.25, -0.2) is 4.79 Å². The van der Waals surface area contributed by atoms with Gasteiger partial charge in [-0.05, 0) is 6.92 Å². The van der Waals surface area contributed by atoms with Crippen LogP contribution in [0.25, 0.3) is 0 Å². The summed E-state index contributed by atoms with van der Waals surface area (Å²) < 4.78 is 4.87. The SMILES string of the molecule is CCOCC(=O)N[C@@H](Cc1ccccc1[N+](=O)[O-])C(=O)O. The van der Waals surface area contributed by atoms with E-state index in [-0.39, 0.29) is 24.3 Å². The van der Waals surface area contributed by atoms with E-state index in [1.54, 1.807) is 13.0 Å². The normalized spacial score (nSPS) is 11.7. The van der Waals surface area contributed by atoms with Crippen molar-refractivity contribution in [2.24, 2.45) is 0 Å². The second-order valence-electron chi connectivity index (χ2n) is 4.19. The fourth-order valence-electron chi connectivity index (χ4n) is 1.71. The molecule has 1 aromatic carbocycles. The Kier molecular flexibility index (Phi) is 6.28. The number of para-hydroxylation sites is 1. The highest BCUT2D eigenvalue weighted by Gasteiger charge is 2.24. The summed E-state index contributed by atoms with van der Waals surface area (Å²) >= 11 is 0.